The predicted octanol–water partition coefficient (Wildman–Crippen LogP) is 3.87. The van der Waals surface area contributed by atoms with E-state index < -0.39 is 5.91 Å². The van der Waals surface area contributed by atoms with E-state index in [0.29, 0.717) is 22.2 Å². The summed E-state index contributed by atoms with van der Waals surface area (Å²) in [7, 11) is 0. The molecule has 3 aromatic rings. The van der Waals surface area contributed by atoms with Crippen LogP contribution >= 0.6 is 22.9 Å². The second-order valence-electron chi connectivity index (χ2n) is 7.17. The lowest BCUT2D eigenvalue weighted by Crippen LogP contribution is -2.39. The van der Waals surface area contributed by atoms with Crippen molar-refractivity contribution < 1.29 is 9.59 Å². The average Bonchev–Trinajstić information content (AvgIpc) is 3.12. The molecular weight excluding hydrogens is 408 g/mol. The summed E-state index contributed by atoms with van der Waals surface area (Å²) in [5.74, 6) is -0.299. The molecule has 6 nitrogen and oxygen atoms in total. The number of carbonyl (C=O) groups excluding carboxylic acids is 2. The Morgan fingerprint density at radius 1 is 1.21 bits per heavy atom. The van der Waals surface area contributed by atoms with Gasteiger partial charge in [-0.2, -0.15) is 0 Å². The molecule has 1 fully saturated rings. The molecule has 0 spiro atoms. The zero-order valence-electron chi connectivity index (χ0n) is 15.7. The van der Waals surface area contributed by atoms with E-state index in [0.717, 1.165) is 41.2 Å². The summed E-state index contributed by atoms with van der Waals surface area (Å²) in [4.78, 5) is 30.8. The maximum Gasteiger partial charge on any atom is 0.250 e. The van der Waals surface area contributed by atoms with Crippen LogP contribution in [0.2, 0.25) is 5.02 Å². The van der Waals surface area contributed by atoms with E-state index in [9.17, 15) is 9.59 Å². The number of aromatic nitrogens is 1. The molecule has 1 saturated heterocycles. The molecule has 0 saturated carbocycles. The Bertz CT molecular complexity index is 1060. The molecule has 0 bridgehead atoms. The second-order valence-corrected chi connectivity index (χ2v) is 8.67. The highest BCUT2D eigenvalue weighted by Crippen LogP contribution is 2.34. The van der Waals surface area contributed by atoms with E-state index in [4.69, 9.17) is 22.3 Å². The second kappa shape index (κ2) is 8.49. The number of fused-ring (bicyclic) bond motifs is 1. The molecule has 3 N–H and O–H groups in total. The van der Waals surface area contributed by atoms with Crippen LogP contribution in [0.1, 0.15) is 34.1 Å². The SMILES string of the molecule is NC(=O)c1ccccc1NC(=O)CN1CCC(c2nc3cc(Cl)ccc3s2)CC1. The van der Waals surface area contributed by atoms with Crippen LogP contribution in [0, 0.1) is 0 Å². The molecule has 2 aromatic carbocycles. The minimum absolute atomic E-state index is 0.147. The summed E-state index contributed by atoms with van der Waals surface area (Å²) < 4.78 is 1.15. The van der Waals surface area contributed by atoms with Gasteiger partial charge in [-0.05, 0) is 56.3 Å². The fraction of sp³-hybridized carbons (Fsp3) is 0.286. The number of hydrogen-bond acceptors (Lipinski definition) is 5. The maximum absolute atomic E-state index is 12.4. The van der Waals surface area contributed by atoms with Crippen LogP contribution in [0.4, 0.5) is 5.69 Å². The number of anilines is 1. The van der Waals surface area contributed by atoms with Crippen LogP contribution in [0.15, 0.2) is 42.5 Å². The van der Waals surface area contributed by atoms with Gasteiger partial charge >= 0.3 is 0 Å². The van der Waals surface area contributed by atoms with Gasteiger partial charge in [-0.15, -0.1) is 11.3 Å². The van der Waals surface area contributed by atoms with Crippen molar-refractivity contribution in [1.82, 2.24) is 9.88 Å². The highest BCUT2D eigenvalue weighted by atomic mass is 35.5. The van der Waals surface area contributed by atoms with Gasteiger partial charge in [-0.25, -0.2) is 4.98 Å². The van der Waals surface area contributed by atoms with Crippen LogP contribution in [-0.4, -0.2) is 41.3 Å². The number of halogens is 1. The first-order valence-electron chi connectivity index (χ1n) is 9.46. The molecule has 29 heavy (non-hydrogen) atoms. The molecule has 2 heterocycles. The van der Waals surface area contributed by atoms with E-state index in [-0.39, 0.29) is 12.5 Å². The van der Waals surface area contributed by atoms with Crippen LogP contribution < -0.4 is 11.1 Å². The molecular formula is C21H21ClN4O2S. The summed E-state index contributed by atoms with van der Waals surface area (Å²) >= 11 is 7.78. The Morgan fingerprint density at radius 3 is 2.72 bits per heavy atom. The van der Waals surface area contributed by atoms with Gasteiger partial charge in [-0.1, -0.05) is 23.7 Å². The van der Waals surface area contributed by atoms with Crippen molar-refractivity contribution in [2.24, 2.45) is 5.73 Å². The first-order chi connectivity index (χ1) is 14.0. The van der Waals surface area contributed by atoms with Gasteiger partial charge in [0.05, 0.1) is 33.0 Å². The number of primary amides is 1. The van der Waals surface area contributed by atoms with E-state index in [1.54, 1.807) is 35.6 Å². The molecule has 0 aliphatic carbocycles. The molecule has 2 amide bonds. The lowest BCUT2D eigenvalue weighted by atomic mass is 9.97. The molecule has 0 atom stereocenters. The lowest BCUT2D eigenvalue weighted by Gasteiger charge is -2.30. The first kappa shape index (κ1) is 19.8. The number of nitrogens with zero attached hydrogens (tertiary/aromatic N) is 2. The van der Waals surface area contributed by atoms with Gasteiger partial charge in [0.2, 0.25) is 5.91 Å². The number of nitrogens with two attached hydrogens (primary N) is 1. The van der Waals surface area contributed by atoms with Crippen molar-refractivity contribution in [3.8, 4) is 0 Å². The number of carbonyl (C=O) groups is 2. The fourth-order valence-corrected chi connectivity index (χ4v) is 4.91. The largest absolute Gasteiger partial charge is 0.366 e. The van der Waals surface area contributed by atoms with Crippen LogP contribution in [-0.2, 0) is 4.79 Å². The molecule has 4 rings (SSSR count). The Kier molecular flexibility index (Phi) is 5.80. The topological polar surface area (TPSA) is 88.3 Å². The number of piperidine rings is 1. The quantitative estimate of drug-likeness (QED) is 0.645. The number of likely N-dealkylation sites (tertiary alicyclic amines) is 1. The molecule has 8 heteroatoms. The van der Waals surface area contributed by atoms with Gasteiger partial charge in [-0.3, -0.25) is 14.5 Å². The van der Waals surface area contributed by atoms with Crippen molar-refractivity contribution in [2.45, 2.75) is 18.8 Å². The molecule has 1 aliphatic rings. The number of amides is 2. The third kappa shape index (κ3) is 4.58. The van der Waals surface area contributed by atoms with Crippen LogP contribution in [0.3, 0.4) is 0 Å². The molecule has 1 aromatic heterocycles. The summed E-state index contributed by atoms with van der Waals surface area (Å²) in [6, 6.07) is 12.6. The highest BCUT2D eigenvalue weighted by Gasteiger charge is 2.24. The van der Waals surface area contributed by atoms with Gasteiger partial charge < -0.3 is 11.1 Å². The van der Waals surface area contributed by atoms with E-state index in [2.05, 4.69) is 10.2 Å². The number of nitrogens with one attached hydrogen (secondary N) is 1. The Balaban J connectivity index is 1.33. The Hall–Kier alpha value is -2.48. The highest BCUT2D eigenvalue weighted by molar-refractivity contribution is 7.18. The number of thiazole rings is 1. The molecule has 150 valence electrons. The molecule has 0 unspecified atom stereocenters. The van der Waals surface area contributed by atoms with Gasteiger partial charge in [0.25, 0.3) is 5.91 Å². The lowest BCUT2D eigenvalue weighted by molar-refractivity contribution is -0.117. The van der Waals surface area contributed by atoms with Gasteiger partial charge in [0.15, 0.2) is 0 Å². The number of para-hydroxylation sites is 1. The van der Waals surface area contributed by atoms with Crippen LogP contribution in [0.25, 0.3) is 10.2 Å². The van der Waals surface area contributed by atoms with Gasteiger partial charge in [0, 0.05) is 10.9 Å². The van der Waals surface area contributed by atoms with Crippen molar-refractivity contribution in [3.63, 3.8) is 0 Å². The van der Waals surface area contributed by atoms with Crippen molar-refractivity contribution >= 4 is 50.7 Å². The Morgan fingerprint density at radius 2 is 1.97 bits per heavy atom. The van der Waals surface area contributed by atoms with Crippen LogP contribution in [0.5, 0.6) is 0 Å². The smallest absolute Gasteiger partial charge is 0.250 e. The normalized spacial score (nSPS) is 15.5. The monoisotopic (exact) mass is 428 g/mol. The van der Waals surface area contributed by atoms with Gasteiger partial charge in [0.1, 0.15) is 0 Å². The third-order valence-electron chi connectivity index (χ3n) is 5.14. The minimum atomic E-state index is -0.557. The van der Waals surface area contributed by atoms with E-state index in [1.807, 2.05) is 18.2 Å². The minimum Gasteiger partial charge on any atom is -0.366 e. The summed E-state index contributed by atoms with van der Waals surface area (Å²) in [6.45, 7) is 1.94. The number of rotatable bonds is 5. The van der Waals surface area contributed by atoms with E-state index >= 15 is 0 Å². The third-order valence-corrected chi connectivity index (χ3v) is 6.57. The average molecular weight is 429 g/mol. The first-order valence-corrected chi connectivity index (χ1v) is 10.7. The molecule has 1 aliphatic heterocycles. The summed E-state index contributed by atoms with van der Waals surface area (Å²) in [6.07, 6.45) is 1.91. The predicted molar refractivity (Wildman–Crippen MR) is 117 cm³/mol. The van der Waals surface area contributed by atoms with Crippen molar-refractivity contribution in [3.05, 3.63) is 58.1 Å². The van der Waals surface area contributed by atoms with E-state index in [1.165, 1.54) is 0 Å². The number of benzene rings is 2. The zero-order chi connectivity index (χ0) is 20.4. The number of hydrogen-bond donors (Lipinski definition) is 2. The maximum atomic E-state index is 12.4. The summed E-state index contributed by atoms with van der Waals surface area (Å²) in [5.41, 5.74) is 7.09. The fourth-order valence-electron chi connectivity index (χ4n) is 3.63. The van der Waals surface area contributed by atoms with Crippen molar-refractivity contribution in [2.75, 3.05) is 25.0 Å². The Labute approximate surface area is 177 Å². The zero-order valence-corrected chi connectivity index (χ0v) is 17.3. The summed E-state index contributed by atoms with van der Waals surface area (Å²) in [5, 5.41) is 4.64. The van der Waals surface area contributed by atoms with Crippen molar-refractivity contribution in [1.29, 1.82) is 0 Å². The standard InChI is InChI=1S/C21H21ClN4O2S/c22-14-5-6-18-17(11-14)25-21(29-18)13-7-9-26(10-8-13)12-19(27)24-16-4-2-1-3-15(16)20(23)28/h1-6,11,13H,7-10,12H2,(H2,23,28)(H,24,27). The molecule has 0 radical (unpaired) electrons.